The molecule has 1 fully saturated rings. The van der Waals surface area contributed by atoms with Crippen molar-refractivity contribution in [2.75, 3.05) is 11.9 Å². The molecule has 102 valence electrons. The van der Waals surface area contributed by atoms with E-state index in [-0.39, 0.29) is 0 Å². The molecule has 0 spiro atoms. The highest BCUT2D eigenvalue weighted by Gasteiger charge is 2.23. The maximum atomic E-state index is 5.60. The fraction of sp³-hybridized carbons (Fsp3) is 0.615. The van der Waals surface area contributed by atoms with E-state index in [2.05, 4.69) is 15.5 Å². The van der Waals surface area contributed by atoms with Crippen molar-refractivity contribution in [1.82, 2.24) is 20.2 Å². The van der Waals surface area contributed by atoms with Crippen molar-refractivity contribution in [3.63, 3.8) is 0 Å². The molecule has 2 aromatic heterocycles. The second-order valence-electron chi connectivity index (χ2n) is 5.23. The third kappa shape index (κ3) is 2.47. The van der Waals surface area contributed by atoms with E-state index >= 15 is 0 Å². The van der Waals surface area contributed by atoms with Crippen LogP contribution < -0.4 is 4.90 Å². The summed E-state index contributed by atoms with van der Waals surface area (Å²) in [5.41, 5.74) is 0. The Hall–Kier alpha value is -1.85. The maximum absolute atomic E-state index is 5.60. The predicted octanol–water partition coefficient (Wildman–Crippen LogP) is 2.33. The molecule has 0 radical (unpaired) electrons. The van der Waals surface area contributed by atoms with Crippen LogP contribution in [0.25, 0.3) is 0 Å². The van der Waals surface area contributed by atoms with Gasteiger partial charge in [-0.05, 0) is 42.3 Å². The lowest BCUT2D eigenvalue weighted by atomic mass is 10.2. The van der Waals surface area contributed by atoms with Gasteiger partial charge < -0.3 is 9.32 Å². The van der Waals surface area contributed by atoms with E-state index < -0.39 is 0 Å². The average Bonchev–Trinajstić information content (AvgIpc) is 3.07. The van der Waals surface area contributed by atoms with Gasteiger partial charge in [0.15, 0.2) is 0 Å². The first-order valence-electron chi connectivity index (χ1n) is 6.78. The Balaban J connectivity index is 1.76. The number of aryl methyl sites for hydroxylation is 1. The van der Waals surface area contributed by atoms with Crippen molar-refractivity contribution < 1.29 is 4.42 Å². The lowest BCUT2D eigenvalue weighted by Gasteiger charge is -2.19. The number of anilines is 1. The molecule has 0 saturated heterocycles. The van der Waals surface area contributed by atoms with Crippen molar-refractivity contribution in [3.05, 3.63) is 23.7 Å². The average molecular weight is 261 g/mol. The summed E-state index contributed by atoms with van der Waals surface area (Å²) in [6.07, 6.45) is 4.88. The van der Waals surface area contributed by atoms with Crippen molar-refractivity contribution in [2.45, 2.75) is 45.2 Å². The number of hydrogen-bond acceptors (Lipinski definition) is 5. The molecule has 0 unspecified atom stereocenters. The Morgan fingerprint density at radius 1 is 1.37 bits per heavy atom. The number of nitrogens with zero attached hydrogens (tertiary/aromatic N) is 5. The second kappa shape index (κ2) is 5.03. The third-order valence-electron chi connectivity index (χ3n) is 3.68. The fourth-order valence-electron chi connectivity index (χ4n) is 2.70. The lowest BCUT2D eigenvalue weighted by Crippen LogP contribution is -2.22. The van der Waals surface area contributed by atoms with Gasteiger partial charge >= 0.3 is 0 Å². The number of furan rings is 1. The molecule has 0 atom stereocenters. The van der Waals surface area contributed by atoms with Gasteiger partial charge in [-0.1, -0.05) is 17.9 Å². The minimum Gasteiger partial charge on any atom is -0.464 e. The van der Waals surface area contributed by atoms with Crippen LogP contribution in [0.5, 0.6) is 0 Å². The summed E-state index contributed by atoms with van der Waals surface area (Å²) >= 11 is 0. The molecule has 1 aliphatic rings. The van der Waals surface area contributed by atoms with Crippen molar-refractivity contribution >= 4 is 5.95 Å². The lowest BCUT2D eigenvalue weighted by molar-refractivity contribution is 0.446. The highest BCUT2D eigenvalue weighted by molar-refractivity contribution is 5.28. The third-order valence-corrected chi connectivity index (χ3v) is 3.68. The first-order valence-corrected chi connectivity index (χ1v) is 6.78. The summed E-state index contributed by atoms with van der Waals surface area (Å²) in [4.78, 5) is 2.04. The number of tetrazole rings is 1. The Bertz CT molecular complexity index is 541. The molecule has 0 bridgehead atoms. The number of aromatic nitrogens is 4. The van der Waals surface area contributed by atoms with E-state index in [1.54, 1.807) is 0 Å². The molecular formula is C13H19N5O. The highest BCUT2D eigenvalue weighted by Crippen LogP contribution is 2.31. The summed E-state index contributed by atoms with van der Waals surface area (Å²) in [7, 11) is 2.00. The van der Waals surface area contributed by atoms with Crippen LogP contribution in [0.3, 0.4) is 0 Å². The quantitative estimate of drug-likeness (QED) is 0.845. The van der Waals surface area contributed by atoms with Crippen LogP contribution in [0.1, 0.15) is 43.2 Å². The molecule has 6 heteroatoms. The Morgan fingerprint density at radius 3 is 2.84 bits per heavy atom. The van der Waals surface area contributed by atoms with Crippen LogP contribution in [0, 0.1) is 6.92 Å². The summed E-state index contributed by atoms with van der Waals surface area (Å²) in [5, 5.41) is 12.1. The van der Waals surface area contributed by atoms with E-state index in [4.69, 9.17) is 4.42 Å². The first-order chi connectivity index (χ1) is 9.24. The zero-order valence-electron chi connectivity index (χ0n) is 11.4. The molecule has 1 aliphatic carbocycles. The Labute approximate surface area is 112 Å². The molecule has 1 saturated carbocycles. The van der Waals surface area contributed by atoms with Crippen LogP contribution in [0.15, 0.2) is 16.5 Å². The molecule has 2 heterocycles. The van der Waals surface area contributed by atoms with E-state index in [0.717, 1.165) is 17.5 Å². The molecule has 0 aliphatic heterocycles. The Morgan fingerprint density at radius 2 is 2.16 bits per heavy atom. The van der Waals surface area contributed by atoms with Crippen LogP contribution in [-0.2, 0) is 6.54 Å². The molecule has 3 rings (SSSR count). The van der Waals surface area contributed by atoms with Crippen LogP contribution in [0.4, 0.5) is 5.95 Å². The minimum absolute atomic E-state index is 0.450. The normalized spacial score (nSPS) is 16.1. The van der Waals surface area contributed by atoms with Gasteiger partial charge in [0, 0.05) is 7.05 Å². The van der Waals surface area contributed by atoms with Crippen molar-refractivity contribution in [1.29, 1.82) is 0 Å². The van der Waals surface area contributed by atoms with E-state index in [0.29, 0.717) is 12.6 Å². The van der Waals surface area contributed by atoms with Crippen molar-refractivity contribution in [3.8, 4) is 0 Å². The largest absolute Gasteiger partial charge is 0.464 e. The summed E-state index contributed by atoms with van der Waals surface area (Å²) in [6.45, 7) is 2.63. The first kappa shape index (κ1) is 12.2. The number of rotatable bonds is 4. The van der Waals surface area contributed by atoms with E-state index in [9.17, 15) is 0 Å². The van der Waals surface area contributed by atoms with Crippen LogP contribution >= 0.6 is 0 Å². The van der Waals surface area contributed by atoms with Gasteiger partial charge in [-0.3, -0.25) is 0 Å². The Kier molecular flexibility index (Phi) is 3.23. The summed E-state index contributed by atoms with van der Waals surface area (Å²) < 4.78 is 7.56. The highest BCUT2D eigenvalue weighted by atomic mass is 16.3. The standard InChI is InChI=1S/C13H19N5O/c1-10-7-8-12(19-10)9-17(2)13-14-15-16-18(13)11-5-3-4-6-11/h7-8,11H,3-6,9H2,1-2H3. The zero-order chi connectivity index (χ0) is 13.2. The molecule has 19 heavy (non-hydrogen) atoms. The van der Waals surface area contributed by atoms with Crippen molar-refractivity contribution in [2.24, 2.45) is 0 Å². The van der Waals surface area contributed by atoms with E-state index in [1.807, 2.05) is 35.7 Å². The van der Waals surface area contributed by atoms with Crippen LogP contribution in [0.2, 0.25) is 0 Å². The smallest absolute Gasteiger partial charge is 0.245 e. The topological polar surface area (TPSA) is 60.0 Å². The second-order valence-corrected chi connectivity index (χ2v) is 5.23. The minimum atomic E-state index is 0.450. The molecule has 2 aromatic rings. The molecule has 0 aromatic carbocycles. The molecular weight excluding hydrogens is 242 g/mol. The van der Waals surface area contributed by atoms with Gasteiger partial charge in [0.2, 0.25) is 5.95 Å². The molecule has 0 N–H and O–H groups in total. The summed E-state index contributed by atoms with van der Waals surface area (Å²) in [5.74, 6) is 2.68. The maximum Gasteiger partial charge on any atom is 0.245 e. The molecule has 6 nitrogen and oxygen atoms in total. The SMILES string of the molecule is Cc1ccc(CN(C)c2nnnn2C2CCCC2)o1. The van der Waals surface area contributed by atoms with Gasteiger partial charge in [0.05, 0.1) is 12.6 Å². The predicted molar refractivity (Wildman–Crippen MR) is 70.9 cm³/mol. The van der Waals surface area contributed by atoms with Gasteiger partial charge in [0.25, 0.3) is 0 Å². The van der Waals surface area contributed by atoms with Gasteiger partial charge in [-0.15, -0.1) is 0 Å². The van der Waals surface area contributed by atoms with E-state index in [1.165, 1.54) is 25.7 Å². The van der Waals surface area contributed by atoms with Gasteiger partial charge in [-0.25, -0.2) is 4.68 Å². The number of hydrogen-bond donors (Lipinski definition) is 0. The fourth-order valence-corrected chi connectivity index (χ4v) is 2.70. The van der Waals surface area contributed by atoms with Gasteiger partial charge in [0.1, 0.15) is 11.5 Å². The van der Waals surface area contributed by atoms with Crippen LogP contribution in [-0.4, -0.2) is 27.3 Å². The molecule has 0 amide bonds. The zero-order valence-corrected chi connectivity index (χ0v) is 11.4. The monoisotopic (exact) mass is 261 g/mol. The van der Waals surface area contributed by atoms with Gasteiger partial charge in [-0.2, -0.15) is 0 Å². The summed E-state index contributed by atoms with van der Waals surface area (Å²) in [6, 6.07) is 4.42.